The standard InChI is InChI=1S/C22H23ClN4O5S/c1-14-4-5-15(10-18(14)23)27-19(12-32-17-8-6-16(30-2)7-9-17)25-26-22(27)33-13-20(28)24-11-21(29)31-3/h4-10H,11-13H2,1-3H3,(H,24,28). The van der Waals surface area contributed by atoms with Crippen molar-refractivity contribution in [2.24, 2.45) is 0 Å². The summed E-state index contributed by atoms with van der Waals surface area (Å²) < 4.78 is 17.3. The zero-order chi connectivity index (χ0) is 23.8. The van der Waals surface area contributed by atoms with Crippen LogP contribution in [0.25, 0.3) is 5.69 Å². The van der Waals surface area contributed by atoms with Crippen LogP contribution in [0.1, 0.15) is 11.4 Å². The fourth-order valence-electron chi connectivity index (χ4n) is 2.71. The summed E-state index contributed by atoms with van der Waals surface area (Å²) in [5.41, 5.74) is 1.67. The second-order valence-corrected chi connectivity index (χ2v) is 8.12. The van der Waals surface area contributed by atoms with Gasteiger partial charge >= 0.3 is 5.97 Å². The van der Waals surface area contributed by atoms with E-state index in [9.17, 15) is 9.59 Å². The molecule has 0 aliphatic rings. The van der Waals surface area contributed by atoms with Gasteiger partial charge in [-0.25, -0.2) is 0 Å². The summed E-state index contributed by atoms with van der Waals surface area (Å²) >= 11 is 7.51. The van der Waals surface area contributed by atoms with Gasteiger partial charge in [0.05, 0.1) is 25.7 Å². The number of esters is 1. The highest BCUT2D eigenvalue weighted by Crippen LogP contribution is 2.26. The Hall–Kier alpha value is -3.24. The molecule has 0 unspecified atom stereocenters. The number of aryl methyl sites for hydroxylation is 1. The fourth-order valence-corrected chi connectivity index (χ4v) is 3.69. The summed E-state index contributed by atoms with van der Waals surface area (Å²) in [6.45, 7) is 1.85. The van der Waals surface area contributed by atoms with Crippen molar-refractivity contribution in [1.29, 1.82) is 0 Å². The van der Waals surface area contributed by atoms with Crippen LogP contribution in [0.2, 0.25) is 5.02 Å². The fraction of sp³-hybridized carbons (Fsp3) is 0.273. The number of methoxy groups -OCH3 is 2. The molecule has 1 amide bonds. The summed E-state index contributed by atoms with van der Waals surface area (Å²) in [5, 5.41) is 12.1. The highest BCUT2D eigenvalue weighted by atomic mass is 35.5. The minimum absolute atomic E-state index is 0.0358. The molecule has 0 radical (unpaired) electrons. The average Bonchev–Trinajstić information content (AvgIpc) is 3.24. The minimum Gasteiger partial charge on any atom is -0.497 e. The van der Waals surface area contributed by atoms with Crippen LogP contribution in [-0.2, 0) is 20.9 Å². The number of rotatable bonds is 10. The molecule has 3 rings (SSSR count). The number of thioether (sulfide) groups is 1. The van der Waals surface area contributed by atoms with Crippen molar-refractivity contribution in [1.82, 2.24) is 20.1 Å². The third kappa shape index (κ3) is 6.62. The number of amides is 1. The second-order valence-electron chi connectivity index (χ2n) is 6.77. The SMILES string of the molecule is COC(=O)CNC(=O)CSc1nnc(COc2ccc(OC)cc2)n1-c1ccc(C)c(Cl)c1. The molecule has 33 heavy (non-hydrogen) atoms. The Morgan fingerprint density at radius 1 is 1.09 bits per heavy atom. The number of ether oxygens (including phenoxy) is 3. The summed E-state index contributed by atoms with van der Waals surface area (Å²) in [6, 6.07) is 12.8. The van der Waals surface area contributed by atoms with Gasteiger partial charge in [0.25, 0.3) is 0 Å². The molecule has 1 heterocycles. The second kappa shape index (κ2) is 11.6. The van der Waals surface area contributed by atoms with Crippen molar-refractivity contribution < 1.29 is 23.8 Å². The molecule has 9 nitrogen and oxygen atoms in total. The van der Waals surface area contributed by atoms with Gasteiger partial charge in [-0.2, -0.15) is 0 Å². The predicted octanol–water partition coefficient (Wildman–Crippen LogP) is 3.20. The zero-order valence-electron chi connectivity index (χ0n) is 18.3. The van der Waals surface area contributed by atoms with Gasteiger partial charge in [0, 0.05) is 5.02 Å². The first kappa shape index (κ1) is 24.4. The molecule has 11 heteroatoms. The van der Waals surface area contributed by atoms with Crippen molar-refractivity contribution in [2.75, 3.05) is 26.5 Å². The lowest BCUT2D eigenvalue weighted by atomic mass is 10.2. The summed E-state index contributed by atoms with van der Waals surface area (Å²) in [4.78, 5) is 23.3. The van der Waals surface area contributed by atoms with Gasteiger partial charge in [-0.1, -0.05) is 29.4 Å². The van der Waals surface area contributed by atoms with E-state index in [1.807, 2.05) is 19.1 Å². The smallest absolute Gasteiger partial charge is 0.325 e. The molecule has 0 aliphatic heterocycles. The van der Waals surface area contributed by atoms with Crippen LogP contribution in [0.15, 0.2) is 47.6 Å². The quantitative estimate of drug-likeness (QED) is 0.341. The molecular formula is C22H23ClN4O5S. The number of hydrogen-bond donors (Lipinski definition) is 1. The number of benzene rings is 2. The molecule has 0 saturated heterocycles. The molecule has 1 N–H and O–H groups in total. The number of carbonyl (C=O) groups excluding carboxylic acids is 2. The maximum absolute atomic E-state index is 12.1. The number of aromatic nitrogens is 3. The Bertz CT molecular complexity index is 1120. The lowest BCUT2D eigenvalue weighted by molar-refractivity contribution is -0.140. The molecule has 1 aromatic heterocycles. The third-order valence-electron chi connectivity index (χ3n) is 4.53. The third-order valence-corrected chi connectivity index (χ3v) is 5.87. The maximum atomic E-state index is 12.1. The van der Waals surface area contributed by atoms with E-state index in [-0.39, 0.29) is 24.8 Å². The molecule has 0 saturated carbocycles. The molecule has 2 aromatic carbocycles. The van der Waals surface area contributed by atoms with Gasteiger partial charge in [-0.15, -0.1) is 10.2 Å². The van der Waals surface area contributed by atoms with Gasteiger partial charge in [0.1, 0.15) is 24.7 Å². The van der Waals surface area contributed by atoms with Crippen LogP contribution in [-0.4, -0.2) is 53.2 Å². The highest BCUT2D eigenvalue weighted by Gasteiger charge is 2.17. The van der Waals surface area contributed by atoms with Crippen molar-refractivity contribution in [2.45, 2.75) is 18.7 Å². The van der Waals surface area contributed by atoms with E-state index in [0.717, 1.165) is 17.0 Å². The number of hydrogen-bond acceptors (Lipinski definition) is 8. The van der Waals surface area contributed by atoms with Gasteiger partial charge in [-0.3, -0.25) is 14.2 Å². The van der Waals surface area contributed by atoms with Crippen LogP contribution in [0.4, 0.5) is 0 Å². The summed E-state index contributed by atoms with van der Waals surface area (Å²) in [7, 11) is 2.86. The van der Waals surface area contributed by atoms with Crippen LogP contribution in [0.5, 0.6) is 11.5 Å². The number of halogens is 1. The van der Waals surface area contributed by atoms with E-state index in [4.69, 9.17) is 21.1 Å². The van der Waals surface area contributed by atoms with E-state index in [2.05, 4.69) is 20.3 Å². The van der Waals surface area contributed by atoms with Crippen LogP contribution in [0, 0.1) is 6.92 Å². The summed E-state index contributed by atoms with van der Waals surface area (Å²) in [6.07, 6.45) is 0. The molecule has 0 spiro atoms. The van der Waals surface area contributed by atoms with Crippen LogP contribution in [0.3, 0.4) is 0 Å². The Morgan fingerprint density at radius 2 is 1.82 bits per heavy atom. The molecular weight excluding hydrogens is 468 g/mol. The molecule has 0 aliphatic carbocycles. The van der Waals surface area contributed by atoms with Gasteiger partial charge in [0.2, 0.25) is 5.91 Å². The highest BCUT2D eigenvalue weighted by molar-refractivity contribution is 7.99. The van der Waals surface area contributed by atoms with Gasteiger partial charge < -0.3 is 19.5 Å². The van der Waals surface area contributed by atoms with E-state index >= 15 is 0 Å². The lowest BCUT2D eigenvalue weighted by Gasteiger charge is -2.12. The molecule has 0 bridgehead atoms. The Morgan fingerprint density at radius 3 is 2.48 bits per heavy atom. The van der Waals surface area contributed by atoms with Crippen molar-refractivity contribution in [3.8, 4) is 17.2 Å². The monoisotopic (exact) mass is 490 g/mol. The number of nitrogens with zero attached hydrogens (tertiary/aromatic N) is 3. The molecule has 0 atom stereocenters. The normalized spacial score (nSPS) is 10.5. The van der Waals surface area contributed by atoms with Gasteiger partial charge in [-0.05, 0) is 48.9 Å². The maximum Gasteiger partial charge on any atom is 0.325 e. The first-order valence-electron chi connectivity index (χ1n) is 9.85. The molecule has 174 valence electrons. The first-order valence-corrected chi connectivity index (χ1v) is 11.2. The largest absolute Gasteiger partial charge is 0.497 e. The number of nitrogens with one attached hydrogen (secondary N) is 1. The van der Waals surface area contributed by atoms with Crippen molar-refractivity contribution >= 4 is 35.2 Å². The first-order chi connectivity index (χ1) is 15.9. The minimum atomic E-state index is -0.524. The lowest BCUT2D eigenvalue weighted by Crippen LogP contribution is -2.31. The molecule has 0 fully saturated rings. The molecule has 3 aromatic rings. The van der Waals surface area contributed by atoms with E-state index in [1.54, 1.807) is 42.0 Å². The Kier molecular flexibility index (Phi) is 8.56. The predicted molar refractivity (Wildman–Crippen MR) is 124 cm³/mol. The van der Waals surface area contributed by atoms with E-state index in [0.29, 0.717) is 21.8 Å². The zero-order valence-corrected chi connectivity index (χ0v) is 19.9. The topological polar surface area (TPSA) is 105 Å². The van der Waals surface area contributed by atoms with Crippen LogP contribution >= 0.6 is 23.4 Å². The van der Waals surface area contributed by atoms with E-state index < -0.39 is 5.97 Å². The van der Waals surface area contributed by atoms with Gasteiger partial charge in [0.15, 0.2) is 11.0 Å². The average molecular weight is 491 g/mol. The van der Waals surface area contributed by atoms with Crippen molar-refractivity contribution in [3.63, 3.8) is 0 Å². The van der Waals surface area contributed by atoms with E-state index in [1.165, 1.54) is 18.9 Å². The van der Waals surface area contributed by atoms with Crippen LogP contribution < -0.4 is 14.8 Å². The Balaban J connectivity index is 1.79. The summed E-state index contributed by atoms with van der Waals surface area (Å²) in [5.74, 6) is 1.08. The van der Waals surface area contributed by atoms with Crippen molar-refractivity contribution in [3.05, 3.63) is 58.9 Å². The Labute approximate surface area is 200 Å². The number of carbonyl (C=O) groups is 2.